The molecule has 8 heteroatoms. The molecule has 2 aromatic heterocycles. The van der Waals surface area contributed by atoms with Crippen LogP contribution in [0.3, 0.4) is 0 Å². The molecule has 3 rings (SSSR count). The Morgan fingerprint density at radius 2 is 1.82 bits per heavy atom. The molecule has 2 amide bonds. The third-order valence-corrected chi connectivity index (χ3v) is 5.01. The van der Waals surface area contributed by atoms with Crippen molar-refractivity contribution in [1.29, 1.82) is 0 Å². The molecule has 28 heavy (non-hydrogen) atoms. The topological polar surface area (TPSA) is 84.0 Å². The van der Waals surface area contributed by atoms with Crippen LogP contribution >= 0.6 is 22.9 Å². The van der Waals surface area contributed by atoms with Gasteiger partial charge >= 0.3 is 0 Å². The van der Waals surface area contributed by atoms with E-state index in [0.717, 1.165) is 5.69 Å². The highest BCUT2D eigenvalue weighted by molar-refractivity contribution is 7.14. The summed E-state index contributed by atoms with van der Waals surface area (Å²) in [6, 6.07) is 11.4. The quantitative estimate of drug-likeness (QED) is 0.631. The zero-order valence-electron chi connectivity index (χ0n) is 15.3. The molecule has 2 N–H and O–H groups in total. The van der Waals surface area contributed by atoms with Crippen molar-refractivity contribution in [1.82, 2.24) is 15.3 Å². The first-order valence-electron chi connectivity index (χ1n) is 8.68. The van der Waals surface area contributed by atoms with Crippen molar-refractivity contribution in [2.75, 3.05) is 5.32 Å². The number of nitrogens with one attached hydrogen (secondary N) is 2. The number of halogens is 1. The summed E-state index contributed by atoms with van der Waals surface area (Å²) in [6.07, 6.45) is 1.69. The van der Waals surface area contributed by atoms with Crippen LogP contribution in [0.15, 0.2) is 54.0 Å². The van der Waals surface area contributed by atoms with Crippen LogP contribution in [0, 0.1) is 5.92 Å². The maximum absolute atomic E-state index is 12.7. The Bertz CT molecular complexity index is 958. The highest BCUT2D eigenvalue weighted by Gasteiger charge is 2.25. The van der Waals surface area contributed by atoms with Crippen LogP contribution in [0.1, 0.15) is 24.2 Å². The second-order valence-corrected chi connectivity index (χ2v) is 7.74. The maximum atomic E-state index is 12.7. The maximum Gasteiger partial charge on any atom is 0.251 e. The molecule has 0 fully saturated rings. The molecular formula is C20H19ClN4O2S. The van der Waals surface area contributed by atoms with Crippen molar-refractivity contribution in [3.8, 4) is 11.4 Å². The molecule has 0 radical (unpaired) electrons. The second kappa shape index (κ2) is 8.95. The fourth-order valence-electron chi connectivity index (χ4n) is 2.51. The minimum Gasteiger partial charge on any atom is -0.340 e. The molecule has 0 aliphatic heterocycles. The predicted octanol–water partition coefficient (Wildman–Crippen LogP) is 4.25. The SMILES string of the molecule is CC(C)C(NC(=O)c1ccc(Cl)cc1)C(=O)Nc1nc(-c2ccccn2)cs1. The lowest BCUT2D eigenvalue weighted by Gasteiger charge is -2.21. The molecule has 3 aromatic rings. The largest absolute Gasteiger partial charge is 0.340 e. The molecule has 0 spiro atoms. The normalized spacial score (nSPS) is 11.9. The van der Waals surface area contributed by atoms with E-state index in [1.807, 2.05) is 37.4 Å². The van der Waals surface area contributed by atoms with Gasteiger partial charge in [-0.1, -0.05) is 31.5 Å². The standard InChI is InChI=1S/C20H19ClN4O2S/c1-12(2)17(24-18(26)13-6-8-14(21)9-7-13)19(27)25-20-23-16(11-28-20)15-5-3-4-10-22-15/h3-12,17H,1-2H3,(H,24,26)(H,23,25,27). The van der Waals surface area contributed by atoms with Gasteiger partial charge in [-0.15, -0.1) is 11.3 Å². The van der Waals surface area contributed by atoms with Gasteiger partial charge in [0.05, 0.1) is 5.69 Å². The first-order chi connectivity index (χ1) is 13.4. The number of carbonyl (C=O) groups excluding carboxylic acids is 2. The molecule has 0 aliphatic carbocycles. The molecular weight excluding hydrogens is 396 g/mol. The highest BCUT2D eigenvalue weighted by Crippen LogP contribution is 2.23. The van der Waals surface area contributed by atoms with Crippen LogP contribution in [0.5, 0.6) is 0 Å². The molecule has 0 aliphatic rings. The van der Waals surface area contributed by atoms with Crippen molar-refractivity contribution in [2.24, 2.45) is 5.92 Å². The van der Waals surface area contributed by atoms with Gasteiger partial charge < -0.3 is 10.6 Å². The van der Waals surface area contributed by atoms with Gasteiger partial charge in [0.25, 0.3) is 5.91 Å². The van der Waals surface area contributed by atoms with E-state index < -0.39 is 6.04 Å². The first kappa shape index (κ1) is 20.0. The summed E-state index contributed by atoms with van der Waals surface area (Å²) in [5, 5.41) is 8.39. The van der Waals surface area contributed by atoms with Gasteiger partial charge in [-0.2, -0.15) is 0 Å². The highest BCUT2D eigenvalue weighted by atomic mass is 35.5. The summed E-state index contributed by atoms with van der Waals surface area (Å²) < 4.78 is 0. The number of carbonyl (C=O) groups is 2. The number of rotatable bonds is 6. The molecule has 0 saturated carbocycles. The number of nitrogens with zero attached hydrogens (tertiary/aromatic N) is 2. The van der Waals surface area contributed by atoms with Gasteiger partial charge in [0, 0.05) is 22.2 Å². The summed E-state index contributed by atoms with van der Waals surface area (Å²) >= 11 is 7.16. The number of benzene rings is 1. The van der Waals surface area contributed by atoms with Crippen LogP contribution in [0.25, 0.3) is 11.4 Å². The van der Waals surface area contributed by atoms with E-state index in [1.165, 1.54) is 11.3 Å². The van der Waals surface area contributed by atoms with E-state index in [4.69, 9.17) is 11.6 Å². The Balaban J connectivity index is 1.69. The van der Waals surface area contributed by atoms with Gasteiger partial charge in [-0.25, -0.2) is 4.98 Å². The Hall–Kier alpha value is -2.77. The van der Waals surface area contributed by atoms with Gasteiger partial charge in [0.15, 0.2) is 5.13 Å². The van der Waals surface area contributed by atoms with Crippen molar-refractivity contribution in [2.45, 2.75) is 19.9 Å². The first-order valence-corrected chi connectivity index (χ1v) is 9.94. The Morgan fingerprint density at radius 3 is 2.46 bits per heavy atom. The fourth-order valence-corrected chi connectivity index (χ4v) is 3.34. The van der Waals surface area contributed by atoms with Crippen molar-refractivity contribution >= 4 is 39.9 Å². The van der Waals surface area contributed by atoms with Crippen LogP contribution in [0.4, 0.5) is 5.13 Å². The van der Waals surface area contributed by atoms with Crippen molar-refractivity contribution in [3.05, 3.63) is 64.6 Å². The van der Waals surface area contributed by atoms with Crippen LogP contribution in [-0.4, -0.2) is 27.8 Å². The van der Waals surface area contributed by atoms with E-state index in [9.17, 15) is 9.59 Å². The Kier molecular flexibility index (Phi) is 6.38. The average Bonchev–Trinajstić information content (AvgIpc) is 3.15. The summed E-state index contributed by atoms with van der Waals surface area (Å²) in [5.41, 5.74) is 1.86. The zero-order chi connectivity index (χ0) is 20.1. The second-order valence-electron chi connectivity index (χ2n) is 6.44. The lowest BCUT2D eigenvalue weighted by Crippen LogP contribution is -2.47. The number of pyridine rings is 1. The van der Waals surface area contributed by atoms with Crippen LogP contribution < -0.4 is 10.6 Å². The van der Waals surface area contributed by atoms with Gasteiger partial charge in [-0.05, 0) is 42.3 Å². The van der Waals surface area contributed by atoms with Crippen LogP contribution in [0.2, 0.25) is 5.02 Å². The number of hydrogen-bond donors (Lipinski definition) is 2. The van der Waals surface area contributed by atoms with Gasteiger partial charge in [0.2, 0.25) is 5.91 Å². The molecule has 2 heterocycles. The minimum absolute atomic E-state index is 0.105. The number of thiazole rings is 1. The average molecular weight is 415 g/mol. The van der Waals surface area contributed by atoms with Gasteiger partial charge in [0.1, 0.15) is 11.7 Å². The minimum atomic E-state index is -0.703. The lowest BCUT2D eigenvalue weighted by atomic mass is 10.0. The van der Waals surface area contributed by atoms with E-state index in [1.54, 1.807) is 30.5 Å². The molecule has 1 aromatic carbocycles. The monoisotopic (exact) mass is 414 g/mol. The predicted molar refractivity (Wildman–Crippen MR) is 112 cm³/mol. The van der Waals surface area contributed by atoms with E-state index in [2.05, 4.69) is 20.6 Å². The summed E-state index contributed by atoms with van der Waals surface area (Å²) in [5.74, 6) is -0.760. The van der Waals surface area contributed by atoms with E-state index in [-0.39, 0.29) is 17.7 Å². The molecule has 0 bridgehead atoms. The number of amides is 2. The number of hydrogen-bond acceptors (Lipinski definition) is 5. The summed E-state index contributed by atoms with van der Waals surface area (Å²) in [7, 11) is 0. The smallest absolute Gasteiger partial charge is 0.251 e. The Labute approximate surface area is 172 Å². The zero-order valence-corrected chi connectivity index (χ0v) is 16.9. The molecule has 0 saturated heterocycles. The molecule has 6 nitrogen and oxygen atoms in total. The number of aromatic nitrogens is 2. The summed E-state index contributed by atoms with van der Waals surface area (Å²) in [6.45, 7) is 3.74. The molecule has 1 atom stereocenters. The van der Waals surface area contributed by atoms with Crippen molar-refractivity contribution < 1.29 is 9.59 Å². The summed E-state index contributed by atoms with van der Waals surface area (Å²) in [4.78, 5) is 33.8. The van der Waals surface area contributed by atoms with Gasteiger partial charge in [-0.3, -0.25) is 14.6 Å². The fraction of sp³-hybridized carbons (Fsp3) is 0.200. The third-order valence-electron chi connectivity index (χ3n) is 4.00. The molecule has 1 unspecified atom stereocenters. The Morgan fingerprint density at radius 1 is 1.07 bits per heavy atom. The van der Waals surface area contributed by atoms with Crippen molar-refractivity contribution in [3.63, 3.8) is 0 Å². The molecule has 144 valence electrons. The van der Waals surface area contributed by atoms with E-state index >= 15 is 0 Å². The van der Waals surface area contributed by atoms with E-state index in [0.29, 0.717) is 21.4 Å². The number of anilines is 1. The third kappa shape index (κ3) is 4.94. The van der Waals surface area contributed by atoms with Crippen LogP contribution in [-0.2, 0) is 4.79 Å². The lowest BCUT2D eigenvalue weighted by molar-refractivity contribution is -0.118.